The van der Waals surface area contributed by atoms with Crippen molar-refractivity contribution >= 4 is 29.3 Å². The maximum Gasteiger partial charge on any atom is 0.322 e. The molecule has 0 unspecified atom stereocenters. The molecule has 1 saturated heterocycles. The van der Waals surface area contributed by atoms with E-state index in [-0.39, 0.29) is 0 Å². The van der Waals surface area contributed by atoms with Crippen molar-refractivity contribution in [2.75, 3.05) is 11.9 Å². The van der Waals surface area contributed by atoms with Crippen LogP contribution in [0.1, 0.15) is 12.8 Å². The van der Waals surface area contributed by atoms with Crippen molar-refractivity contribution in [2.45, 2.75) is 18.9 Å². The summed E-state index contributed by atoms with van der Waals surface area (Å²) in [5, 5.41) is 14.0. The number of carbonyl (C=O) groups excluding carboxylic acids is 2. The van der Waals surface area contributed by atoms with E-state index in [1.54, 1.807) is 24.3 Å². The molecule has 1 aromatic rings. The van der Waals surface area contributed by atoms with E-state index in [2.05, 4.69) is 5.32 Å². The third-order valence-corrected chi connectivity index (χ3v) is 3.10. The normalized spacial score (nSPS) is 18.7. The first-order chi connectivity index (χ1) is 8.58. The van der Waals surface area contributed by atoms with E-state index in [1.807, 2.05) is 0 Å². The molecule has 0 spiro atoms. The van der Waals surface area contributed by atoms with Crippen molar-refractivity contribution in [1.82, 2.24) is 4.90 Å². The molecular weight excluding hydrogens is 256 g/mol. The Bertz CT molecular complexity index is 478. The van der Waals surface area contributed by atoms with Gasteiger partial charge in [0.05, 0.1) is 12.0 Å². The molecule has 1 aromatic carbocycles. The summed E-state index contributed by atoms with van der Waals surface area (Å²) in [5.41, 5.74) is 0.538. The first-order valence-electron chi connectivity index (χ1n) is 5.62. The summed E-state index contributed by atoms with van der Waals surface area (Å²) in [7, 11) is 0. The number of nitrogens with zero attached hydrogens (tertiary/aromatic N) is 1. The third-order valence-electron chi connectivity index (χ3n) is 2.86. The Morgan fingerprint density at radius 3 is 2.89 bits per heavy atom. The number of carboxylic acids is 1. The van der Waals surface area contributed by atoms with E-state index in [1.165, 1.54) is 4.90 Å². The SMILES string of the molecule is O=C([O-])[C@H]1CCCN1C(=O)Nc1cccc(Cl)c1. The van der Waals surface area contributed by atoms with Crippen molar-refractivity contribution < 1.29 is 14.7 Å². The summed E-state index contributed by atoms with van der Waals surface area (Å²) >= 11 is 5.80. The molecular formula is C12H12ClN2O3-. The molecule has 2 amide bonds. The zero-order valence-corrected chi connectivity index (χ0v) is 10.3. The van der Waals surface area contributed by atoms with Gasteiger partial charge in [0.15, 0.2) is 0 Å². The Kier molecular flexibility index (Phi) is 3.72. The molecule has 1 atom stereocenters. The highest BCUT2D eigenvalue weighted by atomic mass is 35.5. The molecule has 0 radical (unpaired) electrons. The van der Waals surface area contributed by atoms with Crippen LogP contribution in [0.5, 0.6) is 0 Å². The van der Waals surface area contributed by atoms with E-state index in [9.17, 15) is 14.7 Å². The number of hydrogen-bond donors (Lipinski definition) is 1. The van der Waals surface area contributed by atoms with Crippen LogP contribution in [0.15, 0.2) is 24.3 Å². The molecule has 5 nitrogen and oxygen atoms in total. The van der Waals surface area contributed by atoms with Crippen molar-refractivity contribution in [3.63, 3.8) is 0 Å². The second-order valence-corrected chi connectivity index (χ2v) is 4.55. The van der Waals surface area contributed by atoms with Gasteiger partial charge in [-0.25, -0.2) is 4.79 Å². The van der Waals surface area contributed by atoms with Crippen molar-refractivity contribution in [3.8, 4) is 0 Å². The lowest BCUT2D eigenvalue weighted by Crippen LogP contribution is -2.48. The van der Waals surface area contributed by atoms with Crippen LogP contribution in [0.25, 0.3) is 0 Å². The number of anilines is 1. The van der Waals surface area contributed by atoms with E-state index >= 15 is 0 Å². The molecule has 0 bridgehead atoms. The number of halogens is 1. The number of carbonyl (C=O) groups is 2. The summed E-state index contributed by atoms with van der Waals surface area (Å²) in [6.45, 7) is 0.422. The van der Waals surface area contributed by atoms with Gasteiger partial charge in [-0.3, -0.25) is 0 Å². The van der Waals surface area contributed by atoms with Gasteiger partial charge in [0.2, 0.25) is 0 Å². The minimum Gasteiger partial charge on any atom is -0.548 e. The molecule has 2 rings (SSSR count). The van der Waals surface area contributed by atoms with Crippen molar-refractivity contribution in [1.29, 1.82) is 0 Å². The number of benzene rings is 1. The number of amides is 2. The van der Waals surface area contributed by atoms with Gasteiger partial charge in [0.25, 0.3) is 0 Å². The number of urea groups is 1. The van der Waals surface area contributed by atoms with Crippen LogP contribution in [0, 0.1) is 0 Å². The Balaban J connectivity index is 2.06. The maximum absolute atomic E-state index is 11.9. The lowest BCUT2D eigenvalue weighted by Gasteiger charge is -2.25. The number of aliphatic carboxylic acids is 1. The average molecular weight is 268 g/mol. The highest BCUT2D eigenvalue weighted by molar-refractivity contribution is 6.30. The highest BCUT2D eigenvalue weighted by Crippen LogP contribution is 2.20. The second-order valence-electron chi connectivity index (χ2n) is 4.11. The average Bonchev–Trinajstić information content (AvgIpc) is 2.77. The largest absolute Gasteiger partial charge is 0.548 e. The number of rotatable bonds is 2. The van der Waals surface area contributed by atoms with Gasteiger partial charge in [-0.1, -0.05) is 17.7 Å². The van der Waals surface area contributed by atoms with Gasteiger partial charge < -0.3 is 20.1 Å². The number of likely N-dealkylation sites (tertiary alicyclic amines) is 1. The molecule has 6 heteroatoms. The van der Waals surface area contributed by atoms with Crippen LogP contribution >= 0.6 is 11.6 Å². The molecule has 0 aliphatic carbocycles. The zero-order chi connectivity index (χ0) is 13.1. The molecule has 96 valence electrons. The fourth-order valence-corrected chi connectivity index (χ4v) is 2.21. The summed E-state index contributed by atoms with van der Waals surface area (Å²) in [6.07, 6.45) is 1.10. The predicted molar refractivity (Wildman–Crippen MR) is 65.2 cm³/mol. The van der Waals surface area contributed by atoms with Gasteiger partial charge in [-0.15, -0.1) is 0 Å². The smallest absolute Gasteiger partial charge is 0.322 e. The highest BCUT2D eigenvalue weighted by Gasteiger charge is 2.29. The first kappa shape index (κ1) is 12.7. The zero-order valence-electron chi connectivity index (χ0n) is 9.56. The molecule has 1 N–H and O–H groups in total. The van der Waals surface area contributed by atoms with Gasteiger partial charge >= 0.3 is 6.03 Å². The molecule has 1 heterocycles. The number of hydrogen-bond acceptors (Lipinski definition) is 3. The fraction of sp³-hybridized carbons (Fsp3) is 0.333. The number of carboxylic acid groups (broad SMARTS) is 1. The van der Waals surface area contributed by atoms with Gasteiger partial charge in [-0.2, -0.15) is 0 Å². The standard InChI is InChI=1S/C12H13ClN2O3/c13-8-3-1-4-9(7-8)14-12(18)15-6-2-5-10(15)11(16)17/h1,3-4,7,10H,2,5-6H2,(H,14,18)(H,16,17)/p-1/t10-/m1/s1. The third kappa shape index (κ3) is 2.73. The van der Waals surface area contributed by atoms with Gasteiger partial charge in [0.1, 0.15) is 0 Å². The Hall–Kier alpha value is -1.75. The van der Waals surface area contributed by atoms with Crippen LogP contribution in [0.4, 0.5) is 10.5 Å². The van der Waals surface area contributed by atoms with Crippen LogP contribution in [0.3, 0.4) is 0 Å². The van der Waals surface area contributed by atoms with Gasteiger partial charge in [-0.05, 0) is 31.0 Å². The Morgan fingerprint density at radius 1 is 1.44 bits per heavy atom. The molecule has 0 saturated carbocycles. The van der Waals surface area contributed by atoms with Crippen LogP contribution < -0.4 is 10.4 Å². The molecule has 1 aliphatic rings. The molecule has 1 aliphatic heterocycles. The minimum atomic E-state index is -1.21. The second kappa shape index (κ2) is 5.27. The molecule has 18 heavy (non-hydrogen) atoms. The Morgan fingerprint density at radius 2 is 2.22 bits per heavy atom. The van der Waals surface area contributed by atoms with Crippen molar-refractivity contribution in [3.05, 3.63) is 29.3 Å². The quantitative estimate of drug-likeness (QED) is 0.872. The van der Waals surface area contributed by atoms with E-state index in [0.29, 0.717) is 30.1 Å². The maximum atomic E-state index is 11.9. The summed E-state index contributed by atoms with van der Waals surface area (Å²) in [6, 6.07) is 5.40. The van der Waals surface area contributed by atoms with E-state index < -0.39 is 18.0 Å². The summed E-state index contributed by atoms with van der Waals surface area (Å²) in [4.78, 5) is 24.1. The fourth-order valence-electron chi connectivity index (χ4n) is 2.02. The predicted octanol–water partition coefficient (Wildman–Crippen LogP) is 1.09. The Labute approximate surface area is 109 Å². The van der Waals surface area contributed by atoms with Gasteiger partial charge in [0, 0.05) is 17.3 Å². The lowest BCUT2D eigenvalue weighted by atomic mass is 10.2. The lowest BCUT2D eigenvalue weighted by molar-refractivity contribution is -0.310. The summed E-state index contributed by atoms with van der Waals surface area (Å²) < 4.78 is 0. The van der Waals surface area contributed by atoms with Crippen LogP contribution in [0.2, 0.25) is 5.02 Å². The first-order valence-corrected chi connectivity index (χ1v) is 6.00. The number of nitrogens with one attached hydrogen (secondary N) is 1. The van der Waals surface area contributed by atoms with Crippen molar-refractivity contribution in [2.24, 2.45) is 0 Å². The monoisotopic (exact) mass is 267 g/mol. The molecule has 0 aromatic heterocycles. The van der Waals surface area contributed by atoms with E-state index in [0.717, 1.165) is 0 Å². The van der Waals surface area contributed by atoms with E-state index in [4.69, 9.17) is 11.6 Å². The summed E-state index contributed by atoms with van der Waals surface area (Å²) in [5.74, 6) is -1.21. The van der Waals surface area contributed by atoms with Crippen LogP contribution in [-0.4, -0.2) is 29.5 Å². The van der Waals surface area contributed by atoms with Crippen LogP contribution in [-0.2, 0) is 4.79 Å². The molecule has 1 fully saturated rings. The minimum absolute atomic E-state index is 0.422. The topological polar surface area (TPSA) is 72.5 Å².